The summed E-state index contributed by atoms with van der Waals surface area (Å²) in [7, 11) is 0. The van der Waals surface area contributed by atoms with Crippen molar-refractivity contribution < 1.29 is 29.0 Å². The number of amides is 2. The number of nitrogens with one attached hydrogen (secondary N) is 1. The molecular formula is C17H18N2O6S2. The van der Waals surface area contributed by atoms with Crippen LogP contribution in [-0.4, -0.2) is 57.8 Å². The molecule has 2 amide bonds. The highest BCUT2D eigenvalue weighted by molar-refractivity contribution is 8.03. The average Bonchev–Trinajstić information content (AvgIpc) is 3.15. The molecule has 8 nitrogen and oxygen atoms in total. The quantitative estimate of drug-likeness (QED) is 0.509. The van der Waals surface area contributed by atoms with Crippen LogP contribution in [0.2, 0.25) is 0 Å². The summed E-state index contributed by atoms with van der Waals surface area (Å²) >= 11 is 2.57. The molecule has 0 aromatic carbocycles. The van der Waals surface area contributed by atoms with Crippen molar-refractivity contribution in [2.24, 2.45) is 0 Å². The number of thioether (sulfide) groups is 1. The number of carbonyl (C=O) groups is 4. The Balaban J connectivity index is 1.70. The lowest BCUT2D eigenvalue weighted by atomic mass is 9.98. The fourth-order valence-corrected chi connectivity index (χ4v) is 4.79. The first-order valence-corrected chi connectivity index (χ1v) is 10.2. The number of carboxylic acid groups (broad SMARTS) is 1. The Morgan fingerprint density at radius 2 is 2.15 bits per heavy atom. The Kier molecular flexibility index (Phi) is 5.85. The van der Waals surface area contributed by atoms with Gasteiger partial charge in [0.25, 0.3) is 0 Å². The predicted octanol–water partition coefficient (Wildman–Crippen LogP) is 0.981. The number of hydrogen-bond acceptors (Lipinski definition) is 7. The monoisotopic (exact) mass is 410 g/mol. The van der Waals surface area contributed by atoms with Crippen molar-refractivity contribution >= 4 is 46.9 Å². The Hall–Kier alpha value is -2.33. The number of aliphatic carboxylic acids is 1. The molecule has 1 aromatic rings. The molecular weight excluding hydrogens is 392 g/mol. The predicted molar refractivity (Wildman–Crippen MR) is 98.9 cm³/mol. The number of carboxylic acids is 1. The lowest BCUT2D eigenvalue weighted by Gasteiger charge is -2.50. The first kappa shape index (κ1) is 19.4. The van der Waals surface area contributed by atoms with E-state index in [9.17, 15) is 24.3 Å². The van der Waals surface area contributed by atoms with Gasteiger partial charge in [-0.1, -0.05) is 13.0 Å². The second-order valence-corrected chi connectivity index (χ2v) is 8.05. The molecule has 0 bridgehead atoms. The minimum Gasteiger partial charge on any atom is -0.479 e. The van der Waals surface area contributed by atoms with Crippen LogP contribution in [0, 0.1) is 0 Å². The molecule has 1 aromatic heterocycles. The summed E-state index contributed by atoms with van der Waals surface area (Å²) in [5.74, 6) is -2.88. The molecule has 2 aliphatic heterocycles. The molecule has 10 heteroatoms. The van der Waals surface area contributed by atoms with Crippen molar-refractivity contribution in [3.8, 4) is 0 Å². The number of rotatable bonds is 7. The molecule has 0 spiro atoms. The smallest absolute Gasteiger partial charge is 0.337 e. The third-order valence-electron chi connectivity index (χ3n) is 4.13. The number of hydrogen-bond donors (Lipinski definition) is 2. The van der Waals surface area contributed by atoms with Crippen molar-refractivity contribution in [3.63, 3.8) is 0 Å². The Bertz CT molecular complexity index is 791. The summed E-state index contributed by atoms with van der Waals surface area (Å²) in [6.07, 6.45) is 0.763. The molecule has 3 atom stereocenters. The molecule has 1 saturated heterocycles. The molecule has 2 unspecified atom stereocenters. The summed E-state index contributed by atoms with van der Waals surface area (Å²) in [4.78, 5) is 50.4. The van der Waals surface area contributed by atoms with E-state index >= 15 is 0 Å². The lowest BCUT2D eigenvalue weighted by Crippen LogP contribution is -2.74. The van der Waals surface area contributed by atoms with Crippen molar-refractivity contribution in [2.75, 3.05) is 6.61 Å². The van der Waals surface area contributed by atoms with Crippen molar-refractivity contribution in [1.82, 2.24) is 10.2 Å². The van der Waals surface area contributed by atoms with E-state index in [0.717, 1.165) is 21.5 Å². The van der Waals surface area contributed by atoms with Gasteiger partial charge in [-0.05, 0) is 23.3 Å². The van der Waals surface area contributed by atoms with Gasteiger partial charge in [0, 0.05) is 4.88 Å². The van der Waals surface area contributed by atoms with Crippen LogP contribution >= 0.6 is 23.1 Å². The topological polar surface area (TPSA) is 113 Å². The molecule has 1 fully saturated rings. The van der Waals surface area contributed by atoms with Gasteiger partial charge in [0.2, 0.25) is 11.8 Å². The van der Waals surface area contributed by atoms with E-state index in [2.05, 4.69) is 5.32 Å². The van der Waals surface area contributed by atoms with Crippen LogP contribution in [0.5, 0.6) is 0 Å². The maximum Gasteiger partial charge on any atom is 0.337 e. The Labute approximate surface area is 163 Å². The van der Waals surface area contributed by atoms with Gasteiger partial charge in [0.05, 0.1) is 18.6 Å². The maximum atomic E-state index is 12.5. The van der Waals surface area contributed by atoms with E-state index in [0.29, 0.717) is 6.42 Å². The third kappa shape index (κ3) is 3.86. The normalized spacial score (nSPS) is 23.7. The molecule has 3 rings (SSSR count). The zero-order chi connectivity index (χ0) is 19.6. The largest absolute Gasteiger partial charge is 0.479 e. The zero-order valence-electron chi connectivity index (χ0n) is 14.4. The fraction of sp³-hybridized carbons (Fsp3) is 0.412. The van der Waals surface area contributed by atoms with Crippen molar-refractivity contribution in [3.05, 3.63) is 33.4 Å². The number of thiophene rings is 1. The Morgan fingerprint density at radius 1 is 1.37 bits per heavy atom. The lowest BCUT2D eigenvalue weighted by molar-refractivity contribution is -0.161. The van der Waals surface area contributed by atoms with Gasteiger partial charge in [0.15, 0.2) is 6.04 Å². The first-order valence-electron chi connectivity index (χ1n) is 8.33. The van der Waals surface area contributed by atoms with Gasteiger partial charge in [-0.25, -0.2) is 9.59 Å². The van der Waals surface area contributed by atoms with Gasteiger partial charge >= 0.3 is 11.9 Å². The summed E-state index contributed by atoms with van der Waals surface area (Å²) < 4.78 is 5.01. The zero-order valence-corrected chi connectivity index (χ0v) is 16.0. The van der Waals surface area contributed by atoms with Gasteiger partial charge in [-0.3, -0.25) is 9.59 Å². The number of nitrogens with zero attached hydrogens (tertiary/aromatic N) is 1. The van der Waals surface area contributed by atoms with Crippen LogP contribution in [0.25, 0.3) is 0 Å². The highest BCUT2D eigenvalue weighted by Gasteiger charge is 2.57. The summed E-state index contributed by atoms with van der Waals surface area (Å²) in [5.41, 5.74) is -0.0751. The molecule has 144 valence electrons. The van der Waals surface area contributed by atoms with Crippen LogP contribution in [0.4, 0.5) is 0 Å². The van der Waals surface area contributed by atoms with E-state index in [1.165, 1.54) is 16.7 Å². The minimum atomic E-state index is -1.40. The molecule has 0 aliphatic carbocycles. The van der Waals surface area contributed by atoms with E-state index < -0.39 is 35.3 Å². The fourth-order valence-electron chi connectivity index (χ4n) is 2.88. The van der Waals surface area contributed by atoms with Gasteiger partial charge in [0.1, 0.15) is 11.4 Å². The second-order valence-electron chi connectivity index (χ2n) is 6.02. The van der Waals surface area contributed by atoms with Crippen molar-refractivity contribution in [2.45, 2.75) is 37.2 Å². The maximum absolute atomic E-state index is 12.5. The molecule has 0 saturated carbocycles. The molecule has 2 N–H and O–H groups in total. The van der Waals surface area contributed by atoms with E-state index in [1.54, 1.807) is 0 Å². The number of carbonyl (C=O) groups excluding carboxylic acids is 3. The summed E-state index contributed by atoms with van der Waals surface area (Å²) in [6, 6.07) is 1.45. The van der Waals surface area contributed by atoms with E-state index in [1.807, 2.05) is 24.4 Å². The van der Waals surface area contributed by atoms with E-state index in [-0.39, 0.29) is 24.5 Å². The average molecular weight is 410 g/mol. The SMILES string of the molecule is CCCOC(=O)C1=CS[C@H]2C(NC(=O)Cc3cccs3)C(=O)N2C1C(=O)O. The van der Waals surface area contributed by atoms with Gasteiger partial charge in [-0.15, -0.1) is 23.1 Å². The molecule has 3 heterocycles. The van der Waals surface area contributed by atoms with Crippen LogP contribution in [0.1, 0.15) is 18.2 Å². The highest BCUT2D eigenvalue weighted by atomic mass is 32.2. The number of β-lactam (4-membered cyclic amide) rings is 1. The van der Waals surface area contributed by atoms with Crippen molar-refractivity contribution in [1.29, 1.82) is 0 Å². The summed E-state index contributed by atoms with van der Waals surface area (Å²) in [5, 5.41) is 14.9. The first-order chi connectivity index (χ1) is 12.9. The number of ether oxygens (including phenoxy) is 1. The third-order valence-corrected chi connectivity index (χ3v) is 6.17. The van der Waals surface area contributed by atoms with Crippen LogP contribution < -0.4 is 5.32 Å². The van der Waals surface area contributed by atoms with Crippen LogP contribution in [0.3, 0.4) is 0 Å². The molecule has 27 heavy (non-hydrogen) atoms. The van der Waals surface area contributed by atoms with E-state index in [4.69, 9.17) is 4.74 Å². The number of esters is 1. The standard InChI is InChI=1S/C17H18N2O6S2/c1-2-5-25-17(24)10-8-27-15-12(14(21)19(15)13(10)16(22)23)18-11(20)7-9-4-3-6-26-9/h3-4,6,8,12-13,15H,2,5,7H2,1H3,(H,18,20)(H,22,23)/t12?,13?,15-/m0/s1. The second kappa shape index (κ2) is 8.13. The molecule has 2 aliphatic rings. The van der Waals surface area contributed by atoms with Gasteiger partial charge in [-0.2, -0.15) is 0 Å². The number of fused-ring (bicyclic) bond motifs is 1. The van der Waals surface area contributed by atoms with Crippen LogP contribution in [0.15, 0.2) is 28.5 Å². The molecule has 0 radical (unpaired) electrons. The van der Waals surface area contributed by atoms with Gasteiger partial charge < -0.3 is 20.1 Å². The minimum absolute atomic E-state index is 0.0751. The summed E-state index contributed by atoms with van der Waals surface area (Å²) in [6.45, 7) is 2.00. The Morgan fingerprint density at radius 3 is 2.78 bits per heavy atom. The van der Waals surface area contributed by atoms with Crippen LogP contribution in [-0.2, 0) is 30.3 Å². The highest BCUT2D eigenvalue weighted by Crippen LogP contribution is 2.40.